The van der Waals surface area contributed by atoms with Crippen LogP contribution >= 0.6 is 0 Å². The summed E-state index contributed by atoms with van der Waals surface area (Å²) < 4.78 is 0. The number of carbonyl (C=O) groups is 1. The zero-order chi connectivity index (χ0) is 14.4. The van der Waals surface area contributed by atoms with Crippen LogP contribution in [0.5, 0.6) is 0 Å². The number of nitrogens with zero attached hydrogens (tertiary/aromatic N) is 1. The number of piperidine rings is 1. The van der Waals surface area contributed by atoms with Gasteiger partial charge in [0.05, 0.1) is 0 Å². The molecule has 1 aliphatic heterocycles. The van der Waals surface area contributed by atoms with E-state index in [2.05, 4.69) is 22.8 Å². The van der Waals surface area contributed by atoms with Crippen molar-refractivity contribution in [2.75, 3.05) is 25.5 Å². The summed E-state index contributed by atoms with van der Waals surface area (Å²) in [5, 5.41) is 7.07. The molecule has 0 aliphatic carbocycles. The minimum Gasteiger partial charge on any atom is -0.383 e. The Labute approximate surface area is 121 Å². The lowest BCUT2D eigenvalue weighted by Gasteiger charge is -2.25. The second-order valence-electron chi connectivity index (χ2n) is 5.56. The molecule has 1 heterocycles. The fourth-order valence-corrected chi connectivity index (χ4v) is 2.53. The highest BCUT2D eigenvalue weighted by Gasteiger charge is 2.13. The topological polar surface area (TPSA) is 44.4 Å². The van der Waals surface area contributed by atoms with Crippen molar-refractivity contribution in [2.45, 2.75) is 38.8 Å². The van der Waals surface area contributed by atoms with E-state index in [0.29, 0.717) is 12.6 Å². The SMILES string of the molecule is CC(=O)N(C)Cc1ccccc1NCC1CCCCN1. The van der Waals surface area contributed by atoms with E-state index >= 15 is 0 Å². The van der Waals surface area contributed by atoms with Gasteiger partial charge < -0.3 is 15.5 Å². The van der Waals surface area contributed by atoms with Gasteiger partial charge in [0.1, 0.15) is 0 Å². The van der Waals surface area contributed by atoms with Crippen LogP contribution in [0.2, 0.25) is 0 Å². The van der Waals surface area contributed by atoms with Gasteiger partial charge in [-0.25, -0.2) is 0 Å². The summed E-state index contributed by atoms with van der Waals surface area (Å²) in [6.07, 6.45) is 3.84. The van der Waals surface area contributed by atoms with Gasteiger partial charge in [0.15, 0.2) is 0 Å². The van der Waals surface area contributed by atoms with Crippen molar-refractivity contribution in [3.63, 3.8) is 0 Å². The van der Waals surface area contributed by atoms with Crippen LogP contribution < -0.4 is 10.6 Å². The second kappa shape index (κ2) is 7.29. The van der Waals surface area contributed by atoms with E-state index in [1.165, 1.54) is 24.8 Å². The Morgan fingerprint density at radius 1 is 1.40 bits per heavy atom. The minimum absolute atomic E-state index is 0.0914. The largest absolute Gasteiger partial charge is 0.383 e. The Hall–Kier alpha value is -1.55. The lowest BCUT2D eigenvalue weighted by Crippen LogP contribution is -2.39. The van der Waals surface area contributed by atoms with E-state index in [4.69, 9.17) is 0 Å². The molecule has 20 heavy (non-hydrogen) atoms. The fourth-order valence-electron chi connectivity index (χ4n) is 2.53. The summed E-state index contributed by atoms with van der Waals surface area (Å²) in [5.74, 6) is 0.0914. The summed E-state index contributed by atoms with van der Waals surface area (Å²) >= 11 is 0. The van der Waals surface area contributed by atoms with E-state index in [1.807, 2.05) is 19.2 Å². The van der Waals surface area contributed by atoms with E-state index < -0.39 is 0 Å². The smallest absolute Gasteiger partial charge is 0.219 e. The summed E-state index contributed by atoms with van der Waals surface area (Å²) in [6.45, 7) is 4.32. The average Bonchev–Trinajstić information content (AvgIpc) is 2.47. The van der Waals surface area contributed by atoms with Crippen molar-refractivity contribution in [3.05, 3.63) is 29.8 Å². The predicted molar refractivity (Wildman–Crippen MR) is 82.7 cm³/mol. The number of para-hydroxylation sites is 1. The first-order valence-electron chi connectivity index (χ1n) is 7.43. The molecule has 1 saturated heterocycles. The molecule has 1 unspecified atom stereocenters. The van der Waals surface area contributed by atoms with Gasteiger partial charge in [-0.15, -0.1) is 0 Å². The Kier molecular flexibility index (Phi) is 5.41. The number of hydrogen-bond donors (Lipinski definition) is 2. The maximum absolute atomic E-state index is 11.4. The van der Waals surface area contributed by atoms with Crippen molar-refractivity contribution < 1.29 is 4.79 Å². The van der Waals surface area contributed by atoms with Gasteiger partial charge in [-0.05, 0) is 31.0 Å². The van der Waals surface area contributed by atoms with Gasteiger partial charge in [0.2, 0.25) is 5.91 Å². The molecule has 0 spiro atoms. The van der Waals surface area contributed by atoms with E-state index in [1.54, 1.807) is 11.8 Å². The number of anilines is 1. The van der Waals surface area contributed by atoms with Gasteiger partial charge >= 0.3 is 0 Å². The maximum atomic E-state index is 11.4. The van der Waals surface area contributed by atoms with E-state index in [-0.39, 0.29) is 5.91 Å². The molecule has 1 aromatic carbocycles. The highest BCUT2D eigenvalue weighted by molar-refractivity contribution is 5.73. The normalized spacial score (nSPS) is 18.6. The van der Waals surface area contributed by atoms with Crippen LogP contribution in [0.25, 0.3) is 0 Å². The first-order chi connectivity index (χ1) is 9.66. The van der Waals surface area contributed by atoms with Crippen LogP contribution in [0.4, 0.5) is 5.69 Å². The monoisotopic (exact) mass is 275 g/mol. The predicted octanol–water partition coefficient (Wildman–Crippen LogP) is 2.22. The molecule has 2 N–H and O–H groups in total. The summed E-state index contributed by atoms with van der Waals surface area (Å²) in [6, 6.07) is 8.78. The molecule has 1 aliphatic rings. The molecule has 1 aromatic rings. The van der Waals surface area contributed by atoms with E-state index in [0.717, 1.165) is 18.8 Å². The standard InChI is InChI=1S/C16H25N3O/c1-13(20)19(2)12-14-7-3-4-9-16(14)18-11-15-8-5-6-10-17-15/h3-4,7,9,15,17-18H,5-6,8,10-12H2,1-2H3. The first-order valence-corrected chi connectivity index (χ1v) is 7.43. The van der Waals surface area contributed by atoms with Gasteiger partial charge in [0.25, 0.3) is 0 Å². The molecule has 2 rings (SSSR count). The number of amides is 1. The zero-order valence-electron chi connectivity index (χ0n) is 12.5. The number of rotatable bonds is 5. The number of benzene rings is 1. The highest BCUT2D eigenvalue weighted by Crippen LogP contribution is 2.17. The van der Waals surface area contributed by atoms with Gasteiger partial charge in [-0.3, -0.25) is 4.79 Å². The van der Waals surface area contributed by atoms with Gasteiger partial charge in [-0.1, -0.05) is 24.6 Å². The maximum Gasteiger partial charge on any atom is 0.219 e. The third kappa shape index (κ3) is 4.23. The van der Waals surface area contributed by atoms with Crippen LogP contribution in [-0.4, -0.2) is 37.0 Å². The van der Waals surface area contributed by atoms with Crippen molar-refractivity contribution in [1.82, 2.24) is 10.2 Å². The molecule has 1 fully saturated rings. The molecule has 0 radical (unpaired) electrons. The fraction of sp³-hybridized carbons (Fsp3) is 0.562. The van der Waals surface area contributed by atoms with Crippen molar-refractivity contribution in [1.29, 1.82) is 0 Å². The molecule has 4 heteroatoms. The number of hydrogen-bond acceptors (Lipinski definition) is 3. The van der Waals surface area contributed by atoms with Crippen molar-refractivity contribution in [3.8, 4) is 0 Å². The molecule has 0 saturated carbocycles. The summed E-state index contributed by atoms with van der Waals surface area (Å²) in [7, 11) is 1.84. The molecule has 110 valence electrons. The Morgan fingerprint density at radius 3 is 2.90 bits per heavy atom. The minimum atomic E-state index is 0.0914. The number of nitrogens with one attached hydrogen (secondary N) is 2. The van der Waals surface area contributed by atoms with Crippen LogP contribution in [0.3, 0.4) is 0 Å². The lowest BCUT2D eigenvalue weighted by atomic mass is 10.0. The van der Waals surface area contributed by atoms with Gasteiger partial charge in [0, 0.05) is 38.8 Å². The quantitative estimate of drug-likeness (QED) is 0.866. The molecule has 0 bridgehead atoms. The Bertz CT molecular complexity index is 441. The van der Waals surface area contributed by atoms with Crippen molar-refractivity contribution >= 4 is 11.6 Å². The van der Waals surface area contributed by atoms with Crippen LogP contribution in [0.15, 0.2) is 24.3 Å². The van der Waals surface area contributed by atoms with Crippen LogP contribution in [0, 0.1) is 0 Å². The highest BCUT2D eigenvalue weighted by atomic mass is 16.2. The average molecular weight is 275 g/mol. The third-order valence-corrected chi connectivity index (χ3v) is 3.91. The lowest BCUT2D eigenvalue weighted by molar-refractivity contribution is -0.128. The Balaban J connectivity index is 1.94. The Morgan fingerprint density at radius 2 is 2.20 bits per heavy atom. The molecule has 1 atom stereocenters. The van der Waals surface area contributed by atoms with Crippen LogP contribution in [-0.2, 0) is 11.3 Å². The summed E-state index contributed by atoms with van der Waals surface area (Å²) in [5.41, 5.74) is 2.30. The molecular weight excluding hydrogens is 250 g/mol. The van der Waals surface area contributed by atoms with Crippen LogP contribution in [0.1, 0.15) is 31.7 Å². The zero-order valence-corrected chi connectivity index (χ0v) is 12.5. The molecule has 0 aromatic heterocycles. The third-order valence-electron chi connectivity index (χ3n) is 3.91. The second-order valence-corrected chi connectivity index (χ2v) is 5.56. The first kappa shape index (κ1) is 14.9. The number of carbonyl (C=O) groups excluding carboxylic acids is 1. The molecule has 4 nitrogen and oxygen atoms in total. The van der Waals surface area contributed by atoms with Crippen molar-refractivity contribution in [2.24, 2.45) is 0 Å². The molecular formula is C16H25N3O. The van der Waals surface area contributed by atoms with E-state index in [9.17, 15) is 4.79 Å². The molecule has 1 amide bonds. The summed E-state index contributed by atoms with van der Waals surface area (Å²) in [4.78, 5) is 13.1. The van der Waals surface area contributed by atoms with Gasteiger partial charge in [-0.2, -0.15) is 0 Å².